The number of Topliss-reactive ketones (excluding diaryl/α,β-unsaturated/α-hetero) is 1. The second kappa shape index (κ2) is 7.68. The molecule has 6 heteroatoms. The van der Waals surface area contributed by atoms with Gasteiger partial charge in [-0.15, -0.1) is 0 Å². The Balaban J connectivity index is 1.63. The van der Waals surface area contributed by atoms with Crippen molar-refractivity contribution in [3.8, 4) is 0 Å². The van der Waals surface area contributed by atoms with Crippen molar-refractivity contribution in [2.75, 3.05) is 6.54 Å². The number of rotatable bonds is 5. The van der Waals surface area contributed by atoms with Crippen molar-refractivity contribution < 1.29 is 19.1 Å². The van der Waals surface area contributed by atoms with Crippen LogP contribution in [0, 0.1) is 5.92 Å². The molecule has 2 heterocycles. The van der Waals surface area contributed by atoms with Crippen molar-refractivity contribution in [2.24, 2.45) is 5.92 Å². The maximum Gasteiger partial charge on any atom is 0.311 e. The number of ketones is 1. The summed E-state index contributed by atoms with van der Waals surface area (Å²) in [6.07, 6.45) is 1.32. The number of benzene rings is 2. The number of carbonyl (C=O) groups excluding carboxylic acids is 3. The summed E-state index contributed by atoms with van der Waals surface area (Å²) >= 11 is 0. The number of hydrogen-bond donors (Lipinski definition) is 2. The minimum Gasteiger partial charge on any atom is -0.449 e. The Bertz CT molecular complexity index is 1020. The summed E-state index contributed by atoms with van der Waals surface area (Å²) in [4.78, 5) is 40.4. The number of hydrogen-bond acceptors (Lipinski definition) is 4. The molecular weight excluding hydrogens is 356 g/mol. The molecule has 4 rings (SSSR count). The van der Waals surface area contributed by atoms with Gasteiger partial charge in [0, 0.05) is 41.2 Å². The van der Waals surface area contributed by atoms with Gasteiger partial charge in [0.2, 0.25) is 11.7 Å². The van der Waals surface area contributed by atoms with Gasteiger partial charge in [0.15, 0.2) is 6.10 Å². The predicted molar refractivity (Wildman–Crippen MR) is 104 cm³/mol. The SMILES string of the molecule is O=C1CC[C@@H](C(=O)O[C@H](C(=O)c2c[nH]c3ccccc23)c2ccccc2)CN1. The summed E-state index contributed by atoms with van der Waals surface area (Å²) in [5, 5.41) is 3.46. The number of para-hydroxylation sites is 1. The predicted octanol–water partition coefficient (Wildman–Crippen LogP) is 3.16. The number of aromatic amines is 1. The van der Waals surface area contributed by atoms with Crippen molar-refractivity contribution in [1.82, 2.24) is 10.3 Å². The molecule has 28 heavy (non-hydrogen) atoms. The molecule has 0 aliphatic carbocycles. The molecule has 1 aliphatic heterocycles. The molecule has 0 unspecified atom stereocenters. The third-order valence-electron chi connectivity index (χ3n) is 5.03. The van der Waals surface area contributed by atoms with E-state index in [-0.39, 0.29) is 24.7 Å². The van der Waals surface area contributed by atoms with Crippen LogP contribution in [0.15, 0.2) is 60.8 Å². The average Bonchev–Trinajstić information content (AvgIpc) is 3.17. The Morgan fingerprint density at radius 2 is 1.79 bits per heavy atom. The van der Waals surface area contributed by atoms with Crippen LogP contribution in [0.3, 0.4) is 0 Å². The summed E-state index contributed by atoms with van der Waals surface area (Å²) in [7, 11) is 0. The molecule has 3 aromatic rings. The van der Waals surface area contributed by atoms with Gasteiger partial charge in [0.25, 0.3) is 0 Å². The highest BCUT2D eigenvalue weighted by atomic mass is 16.5. The summed E-state index contributed by atoms with van der Waals surface area (Å²) in [5.41, 5.74) is 1.94. The van der Waals surface area contributed by atoms with Gasteiger partial charge in [0.05, 0.1) is 5.92 Å². The Labute approximate surface area is 161 Å². The first-order valence-corrected chi connectivity index (χ1v) is 9.26. The standard InChI is InChI=1S/C22H20N2O4/c25-19-11-10-15(12-24-19)22(27)28-21(14-6-2-1-3-7-14)20(26)17-13-23-18-9-5-4-8-16(17)18/h1-9,13,15,21,23H,10-12H2,(H,24,25)/t15-,21+/m1/s1. The molecule has 6 nitrogen and oxygen atoms in total. The molecule has 2 aromatic carbocycles. The topological polar surface area (TPSA) is 88.3 Å². The molecule has 1 saturated heterocycles. The lowest BCUT2D eigenvalue weighted by atomic mass is 9.97. The Hall–Kier alpha value is -3.41. The van der Waals surface area contributed by atoms with E-state index in [1.807, 2.05) is 30.3 Å². The first kappa shape index (κ1) is 18.0. The van der Waals surface area contributed by atoms with Crippen LogP contribution in [0.25, 0.3) is 10.9 Å². The number of nitrogens with one attached hydrogen (secondary N) is 2. The first-order valence-electron chi connectivity index (χ1n) is 9.26. The van der Waals surface area contributed by atoms with Crippen LogP contribution in [0.2, 0.25) is 0 Å². The van der Waals surface area contributed by atoms with Crippen molar-refractivity contribution >= 4 is 28.6 Å². The summed E-state index contributed by atoms with van der Waals surface area (Å²) < 4.78 is 5.69. The van der Waals surface area contributed by atoms with Gasteiger partial charge in [-0.25, -0.2) is 0 Å². The third kappa shape index (κ3) is 3.53. The third-order valence-corrected chi connectivity index (χ3v) is 5.03. The zero-order valence-electron chi connectivity index (χ0n) is 15.2. The molecular formula is C22H20N2O4. The van der Waals surface area contributed by atoms with Crippen LogP contribution in [-0.4, -0.2) is 29.2 Å². The number of carbonyl (C=O) groups is 3. The number of fused-ring (bicyclic) bond motifs is 1. The van der Waals surface area contributed by atoms with Gasteiger partial charge >= 0.3 is 5.97 Å². The molecule has 1 aliphatic rings. The maximum atomic E-state index is 13.3. The van der Waals surface area contributed by atoms with Crippen LogP contribution < -0.4 is 5.32 Å². The van der Waals surface area contributed by atoms with Crippen molar-refractivity contribution in [2.45, 2.75) is 18.9 Å². The van der Waals surface area contributed by atoms with Crippen LogP contribution in [-0.2, 0) is 14.3 Å². The number of piperidine rings is 1. The van der Waals surface area contributed by atoms with Crippen molar-refractivity contribution in [3.63, 3.8) is 0 Å². The Kier molecular flexibility index (Phi) is 4.93. The first-order chi connectivity index (χ1) is 13.6. The molecule has 1 amide bonds. The van der Waals surface area contributed by atoms with E-state index in [4.69, 9.17) is 4.74 Å². The quantitative estimate of drug-likeness (QED) is 0.529. The fourth-order valence-electron chi connectivity index (χ4n) is 3.46. The molecule has 0 saturated carbocycles. The molecule has 0 spiro atoms. The molecule has 1 aromatic heterocycles. The van der Waals surface area contributed by atoms with Crippen LogP contribution in [0.4, 0.5) is 0 Å². The number of esters is 1. The number of ether oxygens (including phenoxy) is 1. The van der Waals surface area contributed by atoms with Gasteiger partial charge in [-0.2, -0.15) is 0 Å². The second-order valence-electron chi connectivity index (χ2n) is 6.88. The fraction of sp³-hybridized carbons (Fsp3) is 0.227. The van der Waals surface area contributed by atoms with Gasteiger partial charge in [-0.05, 0) is 12.5 Å². The van der Waals surface area contributed by atoms with Crippen LogP contribution >= 0.6 is 0 Å². The Morgan fingerprint density at radius 1 is 1.04 bits per heavy atom. The largest absolute Gasteiger partial charge is 0.449 e. The maximum absolute atomic E-state index is 13.3. The molecule has 1 fully saturated rings. The van der Waals surface area contributed by atoms with Crippen LogP contribution in [0.1, 0.15) is 34.9 Å². The van der Waals surface area contributed by atoms with Crippen molar-refractivity contribution in [1.29, 1.82) is 0 Å². The van der Waals surface area contributed by atoms with E-state index in [2.05, 4.69) is 10.3 Å². The minimum atomic E-state index is -1.04. The smallest absolute Gasteiger partial charge is 0.311 e. The molecule has 0 bridgehead atoms. The van der Waals surface area contributed by atoms with E-state index in [0.717, 1.165) is 10.9 Å². The van der Waals surface area contributed by atoms with Gasteiger partial charge in [-0.1, -0.05) is 48.5 Å². The highest BCUT2D eigenvalue weighted by Crippen LogP contribution is 2.28. The molecule has 0 radical (unpaired) electrons. The second-order valence-corrected chi connectivity index (χ2v) is 6.88. The van der Waals surface area contributed by atoms with Crippen LogP contribution in [0.5, 0.6) is 0 Å². The number of H-pyrrole nitrogens is 1. The van der Waals surface area contributed by atoms with E-state index in [0.29, 0.717) is 17.5 Å². The zero-order chi connectivity index (χ0) is 19.5. The number of aromatic nitrogens is 1. The zero-order valence-corrected chi connectivity index (χ0v) is 15.2. The van der Waals surface area contributed by atoms with E-state index in [1.54, 1.807) is 30.5 Å². The lowest BCUT2D eigenvalue weighted by molar-refractivity contribution is -0.153. The lowest BCUT2D eigenvalue weighted by Gasteiger charge is -2.24. The van der Waals surface area contributed by atoms with Crippen molar-refractivity contribution in [3.05, 3.63) is 71.9 Å². The lowest BCUT2D eigenvalue weighted by Crippen LogP contribution is -2.39. The summed E-state index contributed by atoms with van der Waals surface area (Å²) in [5.74, 6) is -1.27. The van der Waals surface area contributed by atoms with Gasteiger partial charge < -0.3 is 15.0 Å². The molecule has 2 N–H and O–H groups in total. The normalized spacial score (nSPS) is 17.7. The molecule has 142 valence electrons. The van der Waals surface area contributed by atoms with Gasteiger partial charge in [-0.3, -0.25) is 14.4 Å². The molecule has 2 atom stereocenters. The Morgan fingerprint density at radius 3 is 2.54 bits per heavy atom. The van der Waals surface area contributed by atoms with Gasteiger partial charge in [0.1, 0.15) is 0 Å². The summed E-state index contributed by atoms with van der Waals surface area (Å²) in [6, 6.07) is 16.5. The highest BCUT2D eigenvalue weighted by molar-refractivity contribution is 6.10. The number of amides is 1. The monoisotopic (exact) mass is 376 g/mol. The fourth-order valence-corrected chi connectivity index (χ4v) is 3.46. The average molecular weight is 376 g/mol. The van der Waals surface area contributed by atoms with E-state index in [1.165, 1.54) is 0 Å². The van der Waals surface area contributed by atoms with E-state index >= 15 is 0 Å². The van der Waals surface area contributed by atoms with E-state index < -0.39 is 18.0 Å². The minimum absolute atomic E-state index is 0.0708. The summed E-state index contributed by atoms with van der Waals surface area (Å²) in [6.45, 7) is 0.237. The highest BCUT2D eigenvalue weighted by Gasteiger charge is 2.32. The van der Waals surface area contributed by atoms with E-state index in [9.17, 15) is 14.4 Å².